The molecule has 0 aliphatic heterocycles. The van der Waals surface area contributed by atoms with E-state index in [1.807, 2.05) is 38.1 Å². The quantitative estimate of drug-likeness (QED) is 0.451. The highest BCUT2D eigenvalue weighted by Crippen LogP contribution is 2.23. The number of hydrogen-bond acceptors (Lipinski definition) is 8. The van der Waals surface area contributed by atoms with Crippen molar-refractivity contribution in [1.82, 2.24) is 9.97 Å². The lowest BCUT2D eigenvalue weighted by atomic mass is 10.2. The summed E-state index contributed by atoms with van der Waals surface area (Å²) in [6.45, 7) is 8.08. The molecule has 0 aromatic carbocycles. The van der Waals surface area contributed by atoms with Crippen LogP contribution in [0.4, 0.5) is 0 Å². The zero-order valence-electron chi connectivity index (χ0n) is 17.2. The van der Waals surface area contributed by atoms with Crippen LogP contribution in [-0.4, -0.2) is 68.9 Å². The minimum Gasteiger partial charge on any atom is -0.491 e. The van der Waals surface area contributed by atoms with Gasteiger partial charge >= 0.3 is 0 Å². The number of nitrogens with zero attached hydrogens (tertiary/aromatic N) is 2. The maximum atomic E-state index is 5.74. The highest BCUT2D eigenvalue weighted by molar-refractivity contribution is 5.57. The van der Waals surface area contributed by atoms with Gasteiger partial charge in [0.05, 0.1) is 57.1 Å². The molecule has 0 saturated carbocycles. The topological polar surface area (TPSA) is 98.0 Å². The first-order valence-electron chi connectivity index (χ1n) is 9.84. The molecule has 0 atom stereocenters. The standard InChI is InChI=1S/C21H31N3O5/c1-17(2)29-19-4-7-24-21(16-19)20-15-18(3-6-23-20)28-14-13-27-12-11-26-10-9-25-8-5-22/h3-4,6-7,15-17H,5,8-14,22H2,1-2H3. The Hall–Kier alpha value is -2.26. The molecule has 8 nitrogen and oxygen atoms in total. The lowest BCUT2D eigenvalue weighted by Crippen LogP contribution is -2.14. The molecule has 0 unspecified atom stereocenters. The molecule has 2 aromatic rings. The van der Waals surface area contributed by atoms with Crippen LogP contribution in [0, 0.1) is 0 Å². The molecule has 0 bridgehead atoms. The fourth-order valence-electron chi connectivity index (χ4n) is 2.38. The molecule has 2 N–H and O–H groups in total. The Bertz CT molecular complexity index is 700. The normalized spacial score (nSPS) is 11.0. The fraction of sp³-hybridized carbons (Fsp3) is 0.524. The fourth-order valence-corrected chi connectivity index (χ4v) is 2.38. The van der Waals surface area contributed by atoms with Gasteiger partial charge in [0.1, 0.15) is 18.1 Å². The van der Waals surface area contributed by atoms with Crippen LogP contribution in [0.25, 0.3) is 11.4 Å². The van der Waals surface area contributed by atoms with E-state index in [0.29, 0.717) is 58.5 Å². The van der Waals surface area contributed by atoms with Crippen molar-refractivity contribution < 1.29 is 23.7 Å². The van der Waals surface area contributed by atoms with Gasteiger partial charge in [-0.25, -0.2) is 0 Å². The third-order valence-electron chi connectivity index (χ3n) is 3.60. The molecule has 8 heteroatoms. The predicted molar refractivity (Wildman–Crippen MR) is 110 cm³/mol. The van der Waals surface area contributed by atoms with Gasteiger partial charge in [-0.3, -0.25) is 9.97 Å². The predicted octanol–water partition coefficient (Wildman–Crippen LogP) is 2.32. The van der Waals surface area contributed by atoms with Crippen LogP contribution in [0.15, 0.2) is 36.7 Å². The minimum atomic E-state index is 0.0998. The van der Waals surface area contributed by atoms with E-state index in [1.165, 1.54) is 0 Å². The maximum Gasteiger partial charge on any atom is 0.123 e. The van der Waals surface area contributed by atoms with Crippen LogP contribution in [0.3, 0.4) is 0 Å². The Morgan fingerprint density at radius 1 is 0.759 bits per heavy atom. The van der Waals surface area contributed by atoms with E-state index in [9.17, 15) is 0 Å². The van der Waals surface area contributed by atoms with Gasteiger partial charge in [-0.15, -0.1) is 0 Å². The van der Waals surface area contributed by atoms with Crippen molar-refractivity contribution in [3.63, 3.8) is 0 Å². The molecule has 0 fully saturated rings. The summed E-state index contributed by atoms with van der Waals surface area (Å²) in [7, 11) is 0. The minimum absolute atomic E-state index is 0.0998. The highest BCUT2D eigenvalue weighted by Gasteiger charge is 2.06. The van der Waals surface area contributed by atoms with Gasteiger partial charge < -0.3 is 29.4 Å². The lowest BCUT2D eigenvalue weighted by Gasteiger charge is -2.11. The Morgan fingerprint density at radius 2 is 1.28 bits per heavy atom. The monoisotopic (exact) mass is 405 g/mol. The summed E-state index contributed by atoms with van der Waals surface area (Å²) < 4.78 is 27.5. The van der Waals surface area contributed by atoms with Crippen molar-refractivity contribution >= 4 is 0 Å². The Morgan fingerprint density at radius 3 is 1.86 bits per heavy atom. The molecule has 0 amide bonds. The van der Waals surface area contributed by atoms with Gasteiger partial charge in [0, 0.05) is 31.1 Å². The molecule has 0 aliphatic rings. The van der Waals surface area contributed by atoms with Crippen molar-refractivity contribution in [1.29, 1.82) is 0 Å². The first-order chi connectivity index (χ1) is 14.2. The van der Waals surface area contributed by atoms with E-state index in [0.717, 1.165) is 17.1 Å². The van der Waals surface area contributed by atoms with E-state index in [1.54, 1.807) is 12.4 Å². The second-order valence-corrected chi connectivity index (χ2v) is 6.39. The third-order valence-corrected chi connectivity index (χ3v) is 3.60. The molecule has 2 aromatic heterocycles. The molecule has 2 rings (SSSR count). The number of pyridine rings is 2. The average molecular weight is 405 g/mol. The van der Waals surface area contributed by atoms with Gasteiger partial charge in [-0.1, -0.05) is 0 Å². The van der Waals surface area contributed by atoms with Crippen molar-refractivity contribution in [3.05, 3.63) is 36.7 Å². The van der Waals surface area contributed by atoms with Gasteiger partial charge in [-0.2, -0.15) is 0 Å². The zero-order chi connectivity index (χ0) is 20.7. The van der Waals surface area contributed by atoms with Crippen LogP contribution < -0.4 is 15.2 Å². The number of hydrogen-bond donors (Lipinski definition) is 1. The first-order valence-corrected chi connectivity index (χ1v) is 9.84. The number of rotatable bonds is 15. The smallest absolute Gasteiger partial charge is 0.123 e. The van der Waals surface area contributed by atoms with Crippen LogP contribution in [0.2, 0.25) is 0 Å². The third kappa shape index (κ3) is 9.67. The molecular formula is C21H31N3O5. The summed E-state index contributed by atoms with van der Waals surface area (Å²) in [4.78, 5) is 8.74. The van der Waals surface area contributed by atoms with Crippen molar-refractivity contribution in [2.75, 3.05) is 52.8 Å². The molecule has 0 radical (unpaired) electrons. The van der Waals surface area contributed by atoms with Crippen LogP contribution >= 0.6 is 0 Å². The molecule has 29 heavy (non-hydrogen) atoms. The summed E-state index contributed by atoms with van der Waals surface area (Å²) in [6.07, 6.45) is 3.51. The average Bonchev–Trinajstić information content (AvgIpc) is 2.72. The molecule has 0 saturated heterocycles. The summed E-state index contributed by atoms with van der Waals surface area (Å²) in [5.74, 6) is 1.48. The van der Waals surface area contributed by atoms with Crippen LogP contribution in [0.5, 0.6) is 11.5 Å². The Labute approximate surface area is 172 Å². The summed E-state index contributed by atoms with van der Waals surface area (Å²) >= 11 is 0. The van der Waals surface area contributed by atoms with E-state index in [2.05, 4.69) is 9.97 Å². The zero-order valence-corrected chi connectivity index (χ0v) is 17.2. The first kappa shape index (κ1) is 23.0. The Balaban J connectivity index is 1.67. The van der Waals surface area contributed by atoms with E-state index >= 15 is 0 Å². The maximum absolute atomic E-state index is 5.74. The lowest BCUT2D eigenvalue weighted by molar-refractivity contribution is 0.0106. The number of nitrogens with two attached hydrogens (primary N) is 1. The molecule has 0 aliphatic carbocycles. The Kier molecular flexibility index (Phi) is 11.0. The van der Waals surface area contributed by atoms with Crippen LogP contribution in [0.1, 0.15) is 13.8 Å². The molecular weight excluding hydrogens is 374 g/mol. The highest BCUT2D eigenvalue weighted by atomic mass is 16.6. The second kappa shape index (κ2) is 13.8. The molecule has 160 valence electrons. The van der Waals surface area contributed by atoms with Gasteiger partial charge in [0.15, 0.2) is 0 Å². The largest absolute Gasteiger partial charge is 0.491 e. The molecule has 2 heterocycles. The van der Waals surface area contributed by atoms with E-state index in [4.69, 9.17) is 29.4 Å². The van der Waals surface area contributed by atoms with Crippen molar-refractivity contribution in [3.8, 4) is 22.9 Å². The van der Waals surface area contributed by atoms with Crippen molar-refractivity contribution in [2.24, 2.45) is 5.73 Å². The summed E-state index contributed by atoms with van der Waals surface area (Å²) in [5.41, 5.74) is 6.79. The summed E-state index contributed by atoms with van der Waals surface area (Å²) in [6, 6.07) is 7.36. The van der Waals surface area contributed by atoms with E-state index < -0.39 is 0 Å². The number of aromatic nitrogens is 2. The molecule has 0 spiro atoms. The summed E-state index contributed by atoms with van der Waals surface area (Å²) in [5, 5.41) is 0. The van der Waals surface area contributed by atoms with Gasteiger partial charge in [0.2, 0.25) is 0 Å². The second-order valence-electron chi connectivity index (χ2n) is 6.39. The van der Waals surface area contributed by atoms with Gasteiger partial charge in [0.25, 0.3) is 0 Å². The SMILES string of the molecule is CC(C)Oc1ccnc(-c2cc(OCCOCCOCCOCCN)ccn2)c1. The van der Waals surface area contributed by atoms with Crippen LogP contribution in [-0.2, 0) is 14.2 Å². The van der Waals surface area contributed by atoms with Gasteiger partial charge in [-0.05, 0) is 26.0 Å². The van der Waals surface area contributed by atoms with Crippen molar-refractivity contribution in [2.45, 2.75) is 20.0 Å². The number of ether oxygens (including phenoxy) is 5. The van der Waals surface area contributed by atoms with E-state index in [-0.39, 0.29) is 6.10 Å².